The maximum Gasteiger partial charge on any atom is 0.251 e. The largest absolute Gasteiger partial charge is 0.348 e. The van der Waals surface area contributed by atoms with Gasteiger partial charge in [0.25, 0.3) is 5.91 Å². The summed E-state index contributed by atoms with van der Waals surface area (Å²) in [6.45, 7) is 6.71. The minimum Gasteiger partial charge on any atom is -0.348 e. The van der Waals surface area contributed by atoms with Crippen LogP contribution in [0.2, 0.25) is 0 Å². The number of rotatable bonds is 5. The van der Waals surface area contributed by atoms with Gasteiger partial charge in [-0.05, 0) is 73.0 Å². The average Bonchev–Trinajstić information content (AvgIpc) is 2.83. The number of piperidine rings is 1. The first-order chi connectivity index (χ1) is 15.7. The number of thioether (sulfide) groups is 1. The van der Waals surface area contributed by atoms with Crippen LogP contribution in [0.3, 0.4) is 0 Å². The van der Waals surface area contributed by atoms with Gasteiger partial charge in [-0.1, -0.05) is 55.2 Å². The maximum atomic E-state index is 13.1. The Bertz CT molecular complexity index is 1170. The smallest absolute Gasteiger partial charge is 0.251 e. The molecule has 2 N–H and O–H groups in total. The van der Waals surface area contributed by atoms with Crippen LogP contribution in [0.15, 0.2) is 59.5 Å². The zero-order chi connectivity index (χ0) is 22.3. The van der Waals surface area contributed by atoms with Gasteiger partial charge in [-0.2, -0.15) is 0 Å². The standard InChI is InChI=1S/C28H30N2OS/c1-3-4-7-21-11-12-22(26-9-6-5-8-25(21)26)19-30-28(31)27-18-24(13-10-20(27)2)32-23-14-16-29-17-15-23/h5-6,8-13,18,23,29H,3,14-17,19H2,1-2H3,(H,30,31). The third-order valence-corrected chi connectivity index (χ3v) is 7.23. The van der Waals surface area contributed by atoms with Gasteiger partial charge in [0.15, 0.2) is 0 Å². The van der Waals surface area contributed by atoms with E-state index in [1.807, 2.05) is 30.8 Å². The fourth-order valence-corrected chi connectivity index (χ4v) is 5.29. The van der Waals surface area contributed by atoms with Gasteiger partial charge in [-0.25, -0.2) is 0 Å². The molecule has 0 saturated carbocycles. The molecule has 0 unspecified atom stereocenters. The number of amides is 1. The number of aryl methyl sites for hydroxylation is 1. The number of hydrogen-bond acceptors (Lipinski definition) is 3. The zero-order valence-electron chi connectivity index (χ0n) is 18.8. The second kappa shape index (κ2) is 10.7. The van der Waals surface area contributed by atoms with Crippen LogP contribution in [0.25, 0.3) is 10.8 Å². The lowest BCUT2D eigenvalue weighted by Gasteiger charge is -2.22. The van der Waals surface area contributed by atoms with Crippen molar-refractivity contribution < 1.29 is 4.79 Å². The molecule has 1 aliphatic heterocycles. The summed E-state index contributed by atoms with van der Waals surface area (Å²) in [5.41, 5.74) is 3.91. The molecule has 1 heterocycles. The van der Waals surface area contributed by atoms with Crippen LogP contribution in [-0.2, 0) is 6.54 Å². The molecule has 0 atom stereocenters. The van der Waals surface area contributed by atoms with Gasteiger partial charge < -0.3 is 10.6 Å². The Hall–Kier alpha value is -2.74. The van der Waals surface area contributed by atoms with E-state index in [2.05, 4.69) is 71.9 Å². The molecule has 0 bridgehead atoms. The summed E-state index contributed by atoms with van der Waals surface area (Å²) < 4.78 is 0. The van der Waals surface area contributed by atoms with E-state index >= 15 is 0 Å². The van der Waals surface area contributed by atoms with E-state index in [1.54, 1.807) is 0 Å². The molecule has 3 aromatic rings. The average molecular weight is 443 g/mol. The lowest BCUT2D eigenvalue weighted by molar-refractivity contribution is 0.0950. The van der Waals surface area contributed by atoms with Crippen molar-refractivity contribution >= 4 is 28.4 Å². The lowest BCUT2D eigenvalue weighted by atomic mass is 9.99. The van der Waals surface area contributed by atoms with Crippen LogP contribution in [-0.4, -0.2) is 24.2 Å². The molecule has 0 spiro atoms. The fraction of sp³-hybridized carbons (Fsp3) is 0.321. The van der Waals surface area contributed by atoms with Crippen LogP contribution in [0.4, 0.5) is 0 Å². The molecule has 1 aliphatic rings. The number of carbonyl (C=O) groups is 1. The minimum atomic E-state index is -0.0193. The van der Waals surface area contributed by atoms with E-state index in [0.717, 1.165) is 52.5 Å². The summed E-state index contributed by atoms with van der Waals surface area (Å²) in [4.78, 5) is 14.3. The highest BCUT2D eigenvalue weighted by molar-refractivity contribution is 8.00. The quantitative estimate of drug-likeness (QED) is 0.499. The minimum absolute atomic E-state index is 0.0193. The van der Waals surface area contributed by atoms with Crippen LogP contribution in [0.5, 0.6) is 0 Å². The van der Waals surface area contributed by atoms with Gasteiger partial charge in [-0.3, -0.25) is 4.79 Å². The highest BCUT2D eigenvalue weighted by atomic mass is 32.2. The summed E-state index contributed by atoms with van der Waals surface area (Å²) in [6.07, 6.45) is 3.18. The van der Waals surface area contributed by atoms with Crippen molar-refractivity contribution in [2.75, 3.05) is 13.1 Å². The molecular weight excluding hydrogens is 412 g/mol. The molecule has 4 heteroatoms. The number of hydrogen-bond donors (Lipinski definition) is 2. The molecular formula is C28H30N2OS. The first-order valence-electron chi connectivity index (χ1n) is 11.4. The Morgan fingerprint density at radius 1 is 1.09 bits per heavy atom. The summed E-state index contributed by atoms with van der Waals surface area (Å²) in [7, 11) is 0. The number of nitrogens with one attached hydrogen (secondary N) is 2. The SMILES string of the molecule is CCC#Cc1ccc(CNC(=O)c2cc(SC3CCNCC3)ccc2C)c2ccccc12. The molecule has 1 amide bonds. The molecule has 1 fully saturated rings. The van der Waals surface area contributed by atoms with Crippen LogP contribution in [0, 0.1) is 18.8 Å². The lowest BCUT2D eigenvalue weighted by Crippen LogP contribution is -2.29. The van der Waals surface area contributed by atoms with E-state index in [0.29, 0.717) is 11.8 Å². The molecule has 0 radical (unpaired) electrons. The predicted octanol–water partition coefficient (Wildman–Crippen LogP) is 5.68. The van der Waals surface area contributed by atoms with Crippen molar-refractivity contribution in [3.63, 3.8) is 0 Å². The van der Waals surface area contributed by atoms with E-state index in [1.165, 1.54) is 17.7 Å². The Morgan fingerprint density at radius 2 is 1.88 bits per heavy atom. The molecule has 0 aromatic heterocycles. The van der Waals surface area contributed by atoms with Crippen molar-refractivity contribution in [2.45, 2.75) is 49.8 Å². The van der Waals surface area contributed by atoms with Gasteiger partial charge in [0, 0.05) is 34.2 Å². The summed E-state index contributed by atoms with van der Waals surface area (Å²) in [5, 5.41) is 9.46. The maximum absolute atomic E-state index is 13.1. The van der Waals surface area contributed by atoms with Crippen LogP contribution in [0.1, 0.15) is 53.2 Å². The Labute approximate surface area is 195 Å². The van der Waals surface area contributed by atoms with Gasteiger partial charge >= 0.3 is 0 Å². The monoisotopic (exact) mass is 442 g/mol. The molecule has 3 nitrogen and oxygen atoms in total. The van der Waals surface area contributed by atoms with E-state index in [9.17, 15) is 4.79 Å². The first-order valence-corrected chi connectivity index (χ1v) is 12.3. The van der Waals surface area contributed by atoms with Crippen molar-refractivity contribution in [1.82, 2.24) is 10.6 Å². The van der Waals surface area contributed by atoms with E-state index < -0.39 is 0 Å². The third-order valence-electron chi connectivity index (χ3n) is 5.90. The Morgan fingerprint density at radius 3 is 2.66 bits per heavy atom. The molecule has 4 rings (SSSR count). The predicted molar refractivity (Wildman–Crippen MR) is 135 cm³/mol. The zero-order valence-corrected chi connectivity index (χ0v) is 19.6. The summed E-state index contributed by atoms with van der Waals surface area (Å²) in [6, 6.07) is 18.7. The van der Waals surface area contributed by atoms with Crippen molar-refractivity contribution in [3.8, 4) is 11.8 Å². The summed E-state index contributed by atoms with van der Waals surface area (Å²) >= 11 is 1.90. The van der Waals surface area contributed by atoms with Crippen molar-refractivity contribution in [2.24, 2.45) is 0 Å². The topological polar surface area (TPSA) is 41.1 Å². The second-order valence-electron chi connectivity index (χ2n) is 8.20. The molecule has 32 heavy (non-hydrogen) atoms. The highest BCUT2D eigenvalue weighted by Gasteiger charge is 2.16. The fourth-order valence-electron chi connectivity index (χ4n) is 4.10. The normalized spacial score (nSPS) is 14.1. The van der Waals surface area contributed by atoms with Gasteiger partial charge in [0.2, 0.25) is 0 Å². The van der Waals surface area contributed by atoms with Gasteiger partial charge in [0.05, 0.1) is 0 Å². The van der Waals surface area contributed by atoms with Crippen molar-refractivity contribution in [3.05, 3.63) is 76.9 Å². The second-order valence-corrected chi connectivity index (χ2v) is 9.57. The number of fused-ring (bicyclic) bond motifs is 1. The van der Waals surface area contributed by atoms with E-state index in [4.69, 9.17) is 0 Å². The molecule has 0 aliphatic carbocycles. The molecule has 1 saturated heterocycles. The molecule has 164 valence electrons. The first kappa shape index (κ1) is 22.5. The van der Waals surface area contributed by atoms with E-state index in [-0.39, 0.29) is 5.91 Å². The Balaban J connectivity index is 1.50. The van der Waals surface area contributed by atoms with Crippen LogP contribution < -0.4 is 10.6 Å². The highest BCUT2D eigenvalue weighted by Crippen LogP contribution is 2.30. The third kappa shape index (κ3) is 5.35. The van der Waals surface area contributed by atoms with Crippen LogP contribution >= 0.6 is 11.8 Å². The number of benzene rings is 3. The summed E-state index contributed by atoms with van der Waals surface area (Å²) in [5.74, 6) is 6.40. The molecule has 3 aromatic carbocycles. The Kier molecular flexibility index (Phi) is 7.52. The van der Waals surface area contributed by atoms with Gasteiger partial charge in [-0.15, -0.1) is 11.8 Å². The van der Waals surface area contributed by atoms with Crippen molar-refractivity contribution in [1.29, 1.82) is 0 Å². The number of carbonyl (C=O) groups excluding carboxylic acids is 1. The van der Waals surface area contributed by atoms with Gasteiger partial charge in [0.1, 0.15) is 0 Å².